The normalized spacial score (nSPS) is 19.5. The van der Waals surface area contributed by atoms with Gasteiger partial charge in [0, 0.05) is 36.8 Å². The van der Waals surface area contributed by atoms with Crippen LogP contribution in [0.1, 0.15) is 50.8 Å². The summed E-state index contributed by atoms with van der Waals surface area (Å²) in [6, 6.07) is 18.5. The van der Waals surface area contributed by atoms with Crippen LogP contribution in [-0.2, 0) is 16.8 Å². The van der Waals surface area contributed by atoms with Gasteiger partial charge in [-0.1, -0.05) is 37.3 Å². The first-order chi connectivity index (χ1) is 14.7. The quantitative estimate of drug-likeness (QED) is 0.582. The molecule has 3 N–H and O–H groups in total. The third-order valence-electron chi connectivity index (χ3n) is 6.35. The van der Waals surface area contributed by atoms with E-state index in [0.717, 1.165) is 28.9 Å². The number of nitrogens with one attached hydrogen (secondary N) is 1. The highest BCUT2D eigenvalue weighted by atomic mass is 16.2. The van der Waals surface area contributed by atoms with Crippen LogP contribution in [-0.4, -0.2) is 16.4 Å². The second-order valence-electron chi connectivity index (χ2n) is 9.21. The zero-order valence-corrected chi connectivity index (χ0v) is 18.6. The summed E-state index contributed by atoms with van der Waals surface area (Å²) in [6.45, 7) is 8.80. The average Bonchev–Trinajstić information content (AvgIpc) is 2.73. The summed E-state index contributed by atoms with van der Waals surface area (Å²) in [5.74, 6) is 0.0335. The number of hydrogen-bond acceptors (Lipinski definition) is 4. The van der Waals surface area contributed by atoms with Crippen molar-refractivity contribution < 1.29 is 4.79 Å². The number of hydrogen-bond donors (Lipinski definition) is 2. The summed E-state index contributed by atoms with van der Waals surface area (Å²) in [5, 5.41) is 3.44. The topological polar surface area (TPSA) is 71.2 Å². The maximum atomic E-state index is 12.8. The van der Waals surface area contributed by atoms with E-state index in [1.807, 2.05) is 35.2 Å². The van der Waals surface area contributed by atoms with Gasteiger partial charge in [0.15, 0.2) is 0 Å². The Balaban J connectivity index is 1.84. The Morgan fingerprint density at radius 2 is 1.77 bits per heavy atom. The monoisotopic (exact) mass is 414 g/mol. The van der Waals surface area contributed by atoms with Gasteiger partial charge in [0.1, 0.15) is 0 Å². The van der Waals surface area contributed by atoms with E-state index in [0.29, 0.717) is 12.2 Å². The molecule has 160 valence electrons. The molecule has 1 unspecified atom stereocenters. The molecule has 31 heavy (non-hydrogen) atoms. The summed E-state index contributed by atoms with van der Waals surface area (Å²) < 4.78 is 0. The van der Waals surface area contributed by atoms with Crippen molar-refractivity contribution in [2.24, 2.45) is 0 Å². The minimum Gasteiger partial charge on any atom is -0.397 e. The molecule has 5 heteroatoms. The molecule has 2 aromatic carbocycles. The molecule has 3 aromatic rings. The molecule has 0 saturated heterocycles. The predicted molar refractivity (Wildman–Crippen MR) is 127 cm³/mol. The maximum Gasteiger partial charge on any atom is 0.224 e. The van der Waals surface area contributed by atoms with Crippen molar-refractivity contribution in [3.05, 3.63) is 83.7 Å². The number of fused-ring (bicyclic) bond motifs is 1. The van der Waals surface area contributed by atoms with Gasteiger partial charge in [-0.25, -0.2) is 0 Å². The first-order valence-corrected chi connectivity index (χ1v) is 10.7. The van der Waals surface area contributed by atoms with Crippen LogP contribution in [0.5, 0.6) is 0 Å². The second-order valence-corrected chi connectivity index (χ2v) is 9.21. The lowest BCUT2D eigenvalue weighted by atomic mass is 9.65. The van der Waals surface area contributed by atoms with Crippen LogP contribution in [0, 0.1) is 0 Å². The maximum absolute atomic E-state index is 12.8. The van der Waals surface area contributed by atoms with Gasteiger partial charge in [-0.2, -0.15) is 0 Å². The molecule has 0 fully saturated rings. The van der Waals surface area contributed by atoms with Gasteiger partial charge in [0.05, 0.1) is 17.1 Å². The molecule has 1 aromatic heterocycles. The molecule has 4 rings (SSSR count). The number of nitrogen functional groups attached to an aromatic ring is 1. The Kier molecular flexibility index (Phi) is 5.21. The number of rotatable bonds is 4. The average molecular weight is 415 g/mol. The first-order valence-electron chi connectivity index (χ1n) is 10.7. The van der Waals surface area contributed by atoms with Crippen LogP contribution in [0.25, 0.3) is 0 Å². The van der Waals surface area contributed by atoms with Crippen molar-refractivity contribution in [1.29, 1.82) is 0 Å². The highest BCUT2D eigenvalue weighted by Crippen LogP contribution is 2.52. The van der Waals surface area contributed by atoms with Gasteiger partial charge in [-0.3, -0.25) is 9.78 Å². The number of carbonyl (C=O) groups is 1. The Bertz CT molecular complexity index is 1100. The molecule has 0 radical (unpaired) electrons. The van der Waals surface area contributed by atoms with Crippen molar-refractivity contribution in [1.82, 2.24) is 4.98 Å². The number of aromatic nitrogens is 1. The zero-order valence-electron chi connectivity index (χ0n) is 18.6. The summed E-state index contributed by atoms with van der Waals surface area (Å²) in [6.07, 6.45) is 4.36. The van der Waals surface area contributed by atoms with E-state index >= 15 is 0 Å². The highest BCUT2D eigenvalue weighted by molar-refractivity contribution is 5.97. The minimum absolute atomic E-state index is 0.0335. The van der Waals surface area contributed by atoms with Gasteiger partial charge in [-0.05, 0) is 61.2 Å². The number of nitrogens with two attached hydrogens (primary N) is 1. The van der Waals surface area contributed by atoms with E-state index in [4.69, 9.17) is 5.73 Å². The smallest absolute Gasteiger partial charge is 0.224 e. The Morgan fingerprint density at radius 3 is 2.42 bits per heavy atom. The SMILES string of the molecule is CC(=O)N1c2cc(NCc3ccncc3)c(N)cc2C(C)(c2ccccc2)CC1(C)C. The van der Waals surface area contributed by atoms with E-state index in [1.165, 1.54) is 5.56 Å². The molecule has 0 bridgehead atoms. The van der Waals surface area contributed by atoms with Crippen LogP contribution in [0.4, 0.5) is 17.1 Å². The molecular formula is C26H30N4O. The number of anilines is 3. The fourth-order valence-corrected chi connectivity index (χ4v) is 5.11. The Labute approximate surface area is 184 Å². The Morgan fingerprint density at radius 1 is 1.10 bits per heavy atom. The van der Waals surface area contributed by atoms with E-state index in [-0.39, 0.29) is 16.9 Å². The fraction of sp³-hybridized carbons (Fsp3) is 0.308. The summed E-state index contributed by atoms with van der Waals surface area (Å²) in [4.78, 5) is 18.8. The second kappa shape index (κ2) is 7.73. The molecule has 5 nitrogen and oxygen atoms in total. The van der Waals surface area contributed by atoms with Crippen LogP contribution < -0.4 is 16.0 Å². The number of pyridine rings is 1. The summed E-state index contributed by atoms with van der Waals surface area (Å²) >= 11 is 0. The molecule has 1 atom stereocenters. The summed E-state index contributed by atoms with van der Waals surface area (Å²) in [5.41, 5.74) is 11.8. The van der Waals surface area contributed by atoms with Crippen molar-refractivity contribution in [2.75, 3.05) is 16.0 Å². The van der Waals surface area contributed by atoms with Gasteiger partial charge in [0.25, 0.3) is 0 Å². The first kappa shape index (κ1) is 20.9. The van der Waals surface area contributed by atoms with Gasteiger partial charge < -0.3 is 16.0 Å². The summed E-state index contributed by atoms with van der Waals surface area (Å²) in [7, 11) is 0. The Hall–Kier alpha value is -3.34. The largest absolute Gasteiger partial charge is 0.397 e. The van der Waals surface area contributed by atoms with Gasteiger partial charge in [0.2, 0.25) is 5.91 Å². The van der Waals surface area contributed by atoms with Crippen molar-refractivity contribution in [3.8, 4) is 0 Å². The van der Waals surface area contributed by atoms with Crippen LogP contribution >= 0.6 is 0 Å². The minimum atomic E-state index is -0.345. The van der Waals surface area contributed by atoms with Gasteiger partial charge in [-0.15, -0.1) is 0 Å². The predicted octanol–water partition coefficient (Wildman–Crippen LogP) is 5.12. The standard InChI is InChI=1S/C26H30N4O/c1-18(31)30-24-15-23(29-16-19-10-12-28-13-11-19)22(27)14-21(24)26(4,17-25(30,2)3)20-8-6-5-7-9-20/h5-15,29H,16-17,27H2,1-4H3. The lowest BCUT2D eigenvalue weighted by Gasteiger charge is -2.51. The number of nitrogens with zero attached hydrogens (tertiary/aromatic N) is 2. The van der Waals surface area contributed by atoms with E-state index in [2.05, 4.69) is 55.3 Å². The molecular weight excluding hydrogens is 384 g/mol. The molecule has 1 amide bonds. The van der Waals surface area contributed by atoms with Crippen molar-refractivity contribution >= 4 is 23.0 Å². The third-order valence-corrected chi connectivity index (χ3v) is 6.35. The molecule has 0 saturated carbocycles. The molecule has 0 aliphatic carbocycles. The molecule has 1 aliphatic rings. The van der Waals surface area contributed by atoms with E-state index in [9.17, 15) is 4.79 Å². The zero-order chi connectivity index (χ0) is 22.2. The van der Waals surface area contributed by atoms with Crippen LogP contribution in [0.15, 0.2) is 67.0 Å². The van der Waals surface area contributed by atoms with Crippen molar-refractivity contribution in [3.63, 3.8) is 0 Å². The van der Waals surface area contributed by atoms with Gasteiger partial charge >= 0.3 is 0 Å². The van der Waals surface area contributed by atoms with E-state index in [1.54, 1.807) is 19.3 Å². The fourth-order valence-electron chi connectivity index (χ4n) is 5.11. The lowest BCUT2D eigenvalue weighted by Crippen LogP contribution is -2.55. The van der Waals surface area contributed by atoms with E-state index < -0.39 is 0 Å². The van der Waals surface area contributed by atoms with Crippen LogP contribution in [0.3, 0.4) is 0 Å². The molecule has 1 aliphatic heterocycles. The number of benzene rings is 2. The number of carbonyl (C=O) groups excluding carboxylic acids is 1. The van der Waals surface area contributed by atoms with Crippen LogP contribution in [0.2, 0.25) is 0 Å². The lowest BCUT2D eigenvalue weighted by molar-refractivity contribution is -0.117. The number of amides is 1. The molecule has 2 heterocycles. The molecule has 0 spiro atoms. The van der Waals surface area contributed by atoms with Crippen molar-refractivity contribution in [2.45, 2.75) is 51.6 Å². The highest BCUT2D eigenvalue weighted by Gasteiger charge is 2.47. The third kappa shape index (κ3) is 3.76.